The topological polar surface area (TPSA) is 41.1 Å². The zero-order chi connectivity index (χ0) is 12.9. The lowest BCUT2D eigenvalue weighted by Gasteiger charge is -2.32. The number of amides is 1. The lowest BCUT2D eigenvalue weighted by atomic mass is 9.86. The van der Waals surface area contributed by atoms with Crippen molar-refractivity contribution >= 4 is 5.91 Å². The van der Waals surface area contributed by atoms with E-state index in [0.717, 1.165) is 25.8 Å². The minimum Gasteiger partial charge on any atom is -0.353 e. The molecule has 0 saturated heterocycles. The highest BCUT2D eigenvalue weighted by Crippen LogP contribution is 2.23. The van der Waals surface area contributed by atoms with Gasteiger partial charge in [0.15, 0.2) is 0 Å². The summed E-state index contributed by atoms with van der Waals surface area (Å²) in [6.45, 7) is 9.31. The third kappa shape index (κ3) is 4.30. The minimum atomic E-state index is -0.224. The molecule has 0 aromatic rings. The first-order chi connectivity index (χ1) is 7.99. The molecule has 3 nitrogen and oxygen atoms in total. The second-order valence-electron chi connectivity index (χ2n) is 5.82. The van der Waals surface area contributed by atoms with Crippen LogP contribution in [0, 0.1) is 5.41 Å². The molecule has 1 amide bonds. The van der Waals surface area contributed by atoms with Crippen LogP contribution in [0.4, 0.5) is 0 Å². The molecule has 1 fully saturated rings. The summed E-state index contributed by atoms with van der Waals surface area (Å²) in [5.74, 6) is 0.215. The van der Waals surface area contributed by atoms with Crippen molar-refractivity contribution in [3.05, 3.63) is 0 Å². The molecule has 1 aliphatic carbocycles. The lowest BCUT2D eigenvalue weighted by molar-refractivity contribution is -0.130. The second kappa shape index (κ2) is 6.39. The van der Waals surface area contributed by atoms with E-state index in [1.54, 1.807) is 0 Å². The molecule has 17 heavy (non-hydrogen) atoms. The van der Waals surface area contributed by atoms with Crippen molar-refractivity contribution in [3.63, 3.8) is 0 Å². The van der Waals surface area contributed by atoms with Crippen molar-refractivity contribution in [1.82, 2.24) is 10.6 Å². The molecule has 0 spiro atoms. The fourth-order valence-electron chi connectivity index (χ4n) is 2.27. The molecule has 0 atom stereocenters. The van der Waals surface area contributed by atoms with Crippen LogP contribution in [-0.4, -0.2) is 24.5 Å². The summed E-state index contributed by atoms with van der Waals surface area (Å²) in [6.07, 6.45) is 5.49. The van der Waals surface area contributed by atoms with Crippen LogP contribution in [-0.2, 0) is 4.79 Å². The molecule has 3 heteroatoms. The zero-order valence-electron chi connectivity index (χ0n) is 11.8. The molecule has 0 unspecified atom stereocenters. The van der Waals surface area contributed by atoms with Gasteiger partial charge in [-0.15, -0.1) is 0 Å². The van der Waals surface area contributed by atoms with Gasteiger partial charge in [0, 0.05) is 17.5 Å². The van der Waals surface area contributed by atoms with Gasteiger partial charge in [-0.3, -0.25) is 4.79 Å². The highest BCUT2D eigenvalue weighted by atomic mass is 16.2. The van der Waals surface area contributed by atoms with Gasteiger partial charge in [0.05, 0.1) is 0 Å². The van der Waals surface area contributed by atoms with Crippen molar-refractivity contribution in [2.45, 2.75) is 71.9 Å². The van der Waals surface area contributed by atoms with E-state index >= 15 is 0 Å². The molecule has 1 rings (SSSR count). The van der Waals surface area contributed by atoms with Gasteiger partial charge in [-0.2, -0.15) is 0 Å². The smallest absolute Gasteiger partial charge is 0.225 e. The summed E-state index contributed by atoms with van der Waals surface area (Å²) < 4.78 is 0. The minimum absolute atomic E-state index is 0.215. The maximum atomic E-state index is 12.0. The van der Waals surface area contributed by atoms with Gasteiger partial charge in [-0.25, -0.2) is 0 Å². The standard InChI is InChI=1S/C14H28N2O/c1-5-14(3,4)13(17)16-12-9-7-11(8-10-12)15-6-2/h11-12,15H,5-10H2,1-4H3,(H,16,17). The van der Waals surface area contributed by atoms with Gasteiger partial charge in [0.1, 0.15) is 0 Å². The van der Waals surface area contributed by atoms with E-state index in [9.17, 15) is 4.79 Å². The lowest BCUT2D eigenvalue weighted by Crippen LogP contribution is -2.46. The number of carbonyl (C=O) groups excluding carboxylic acids is 1. The van der Waals surface area contributed by atoms with Crippen molar-refractivity contribution in [2.75, 3.05) is 6.54 Å². The SMILES string of the molecule is CCNC1CCC(NC(=O)C(C)(C)CC)CC1. The summed E-state index contributed by atoms with van der Waals surface area (Å²) in [4.78, 5) is 12.0. The van der Waals surface area contributed by atoms with E-state index in [1.165, 1.54) is 12.8 Å². The normalized spacial score (nSPS) is 25.6. The average Bonchev–Trinajstić information content (AvgIpc) is 2.32. The van der Waals surface area contributed by atoms with Gasteiger partial charge in [0.25, 0.3) is 0 Å². The maximum Gasteiger partial charge on any atom is 0.225 e. The van der Waals surface area contributed by atoms with Crippen molar-refractivity contribution in [2.24, 2.45) is 5.41 Å². The van der Waals surface area contributed by atoms with Crippen LogP contribution in [0.15, 0.2) is 0 Å². The van der Waals surface area contributed by atoms with Crippen molar-refractivity contribution in [3.8, 4) is 0 Å². The van der Waals surface area contributed by atoms with E-state index < -0.39 is 0 Å². The largest absolute Gasteiger partial charge is 0.353 e. The number of hydrogen-bond donors (Lipinski definition) is 2. The Bertz CT molecular complexity index is 243. The second-order valence-corrected chi connectivity index (χ2v) is 5.82. The Labute approximate surface area is 106 Å². The van der Waals surface area contributed by atoms with Crippen LogP contribution >= 0.6 is 0 Å². The molecule has 0 aromatic heterocycles. The highest BCUT2D eigenvalue weighted by Gasteiger charge is 2.29. The molecule has 0 heterocycles. The van der Waals surface area contributed by atoms with Crippen LogP contribution < -0.4 is 10.6 Å². The molecule has 1 saturated carbocycles. The Morgan fingerprint density at radius 2 is 1.65 bits per heavy atom. The predicted octanol–water partition coefficient (Wildman–Crippen LogP) is 2.46. The number of nitrogens with one attached hydrogen (secondary N) is 2. The fourth-order valence-corrected chi connectivity index (χ4v) is 2.27. The van der Waals surface area contributed by atoms with E-state index in [4.69, 9.17) is 0 Å². The Balaban J connectivity index is 2.33. The highest BCUT2D eigenvalue weighted by molar-refractivity contribution is 5.81. The van der Waals surface area contributed by atoms with E-state index in [2.05, 4.69) is 24.5 Å². The summed E-state index contributed by atoms with van der Waals surface area (Å²) in [7, 11) is 0. The molecule has 100 valence electrons. The van der Waals surface area contributed by atoms with Crippen LogP contribution in [0.25, 0.3) is 0 Å². The molecule has 0 aromatic carbocycles. The zero-order valence-corrected chi connectivity index (χ0v) is 11.8. The summed E-state index contributed by atoms with van der Waals surface area (Å²) in [6, 6.07) is 1.05. The van der Waals surface area contributed by atoms with Crippen LogP contribution in [0.2, 0.25) is 0 Å². The molecule has 2 N–H and O–H groups in total. The van der Waals surface area contributed by atoms with E-state index in [1.807, 2.05) is 13.8 Å². The van der Waals surface area contributed by atoms with Crippen LogP contribution in [0.3, 0.4) is 0 Å². The average molecular weight is 240 g/mol. The van der Waals surface area contributed by atoms with E-state index in [0.29, 0.717) is 12.1 Å². The van der Waals surface area contributed by atoms with Gasteiger partial charge < -0.3 is 10.6 Å². The Morgan fingerprint density at radius 1 is 1.12 bits per heavy atom. The van der Waals surface area contributed by atoms with Crippen molar-refractivity contribution in [1.29, 1.82) is 0 Å². The Morgan fingerprint density at radius 3 is 2.12 bits per heavy atom. The van der Waals surface area contributed by atoms with Crippen LogP contribution in [0.5, 0.6) is 0 Å². The quantitative estimate of drug-likeness (QED) is 0.775. The summed E-state index contributed by atoms with van der Waals surface area (Å²) in [5.41, 5.74) is -0.224. The molecule has 0 aliphatic heterocycles. The molecule has 1 aliphatic rings. The van der Waals surface area contributed by atoms with Crippen LogP contribution in [0.1, 0.15) is 59.8 Å². The first kappa shape index (κ1) is 14.5. The van der Waals surface area contributed by atoms with Gasteiger partial charge in [-0.05, 0) is 38.6 Å². The third-order valence-corrected chi connectivity index (χ3v) is 4.05. The third-order valence-electron chi connectivity index (χ3n) is 4.05. The van der Waals surface area contributed by atoms with Crippen molar-refractivity contribution < 1.29 is 4.79 Å². The number of rotatable bonds is 5. The van der Waals surface area contributed by atoms with Gasteiger partial charge in [0.2, 0.25) is 5.91 Å². The number of hydrogen-bond acceptors (Lipinski definition) is 2. The van der Waals surface area contributed by atoms with E-state index in [-0.39, 0.29) is 11.3 Å². The van der Waals surface area contributed by atoms with Gasteiger partial charge >= 0.3 is 0 Å². The monoisotopic (exact) mass is 240 g/mol. The molecular weight excluding hydrogens is 212 g/mol. The Hall–Kier alpha value is -0.570. The van der Waals surface area contributed by atoms with Gasteiger partial charge in [-0.1, -0.05) is 27.7 Å². The summed E-state index contributed by atoms with van der Waals surface area (Å²) in [5, 5.41) is 6.69. The predicted molar refractivity (Wildman–Crippen MR) is 71.9 cm³/mol. The molecule has 0 radical (unpaired) electrons. The molecule has 0 bridgehead atoms. The number of carbonyl (C=O) groups is 1. The maximum absolute atomic E-state index is 12.0. The first-order valence-electron chi connectivity index (χ1n) is 7.04. The fraction of sp³-hybridized carbons (Fsp3) is 0.929. The Kier molecular flexibility index (Phi) is 5.44. The summed E-state index contributed by atoms with van der Waals surface area (Å²) >= 11 is 0. The first-order valence-corrected chi connectivity index (χ1v) is 7.04. The molecular formula is C14H28N2O.